The molecule has 0 aliphatic heterocycles. The molecule has 0 radical (unpaired) electrons. The van der Waals surface area contributed by atoms with Crippen LogP contribution >= 0.6 is 0 Å². The Morgan fingerprint density at radius 1 is 0.667 bits per heavy atom. The van der Waals surface area contributed by atoms with Crippen LogP contribution in [0.2, 0.25) is 0 Å². The summed E-state index contributed by atoms with van der Waals surface area (Å²) < 4.78 is 0. The average Bonchev–Trinajstić information content (AvgIpc) is 2.21. The second kappa shape index (κ2) is 2.71. The highest BCUT2D eigenvalue weighted by atomic mass is 14.7. The second-order valence-electron chi connectivity index (χ2n) is 4.91. The van der Waals surface area contributed by atoms with Gasteiger partial charge in [0.1, 0.15) is 0 Å². The van der Waals surface area contributed by atoms with E-state index in [0.29, 0.717) is 10.8 Å². The standard InChI is InChI=1S/C10H20N2/c11-7-9-1-2-10(8-12,5-3-9)6-4-9/h1-8,11-12H2. The van der Waals surface area contributed by atoms with E-state index >= 15 is 0 Å². The molecule has 3 saturated carbocycles. The molecule has 0 saturated heterocycles. The molecule has 3 aliphatic carbocycles. The molecule has 0 atom stereocenters. The van der Waals surface area contributed by atoms with E-state index in [1.165, 1.54) is 38.5 Å². The molecule has 0 aromatic heterocycles. The van der Waals surface area contributed by atoms with Crippen LogP contribution in [0.4, 0.5) is 0 Å². The largest absolute Gasteiger partial charge is 0.330 e. The summed E-state index contributed by atoms with van der Waals surface area (Å²) in [7, 11) is 0. The molecule has 2 nitrogen and oxygen atoms in total. The Balaban J connectivity index is 2.09. The second-order valence-corrected chi connectivity index (χ2v) is 4.91. The lowest BCUT2D eigenvalue weighted by atomic mass is 9.54. The van der Waals surface area contributed by atoms with Gasteiger partial charge in [-0.1, -0.05) is 0 Å². The Morgan fingerprint density at radius 2 is 0.917 bits per heavy atom. The van der Waals surface area contributed by atoms with Crippen molar-refractivity contribution in [1.82, 2.24) is 0 Å². The fourth-order valence-corrected chi connectivity index (χ4v) is 2.95. The van der Waals surface area contributed by atoms with Gasteiger partial charge in [-0.05, 0) is 62.4 Å². The zero-order valence-electron chi connectivity index (χ0n) is 7.81. The third kappa shape index (κ3) is 1.09. The SMILES string of the molecule is NCC12CCC(CN)(CC1)CC2. The van der Waals surface area contributed by atoms with Crippen LogP contribution in [0.15, 0.2) is 0 Å². The molecule has 0 heterocycles. The molecule has 0 amide bonds. The molecule has 0 spiro atoms. The van der Waals surface area contributed by atoms with Crippen LogP contribution in [0.1, 0.15) is 38.5 Å². The number of nitrogens with two attached hydrogens (primary N) is 2. The van der Waals surface area contributed by atoms with E-state index in [4.69, 9.17) is 11.5 Å². The van der Waals surface area contributed by atoms with Gasteiger partial charge in [-0.15, -0.1) is 0 Å². The Kier molecular flexibility index (Phi) is 1.92. The first-order valence-corrected chi connectivity index (χ1v) is 5.14. The molecule has 0 aromatic carbocycles. The van der Waals surface area contributed by atoms with Gasteiger partial charge in [0, 0.05) is 0 Å². The lowest BCUT2D eigenvalue weighted by molar-refractivity contribution is 0.00316. The molecule has 70 valence electrons. The molecule has 3 aliphatic rings. The molecular weight excluding hydrogens is 148 g/mol. The minimum absolute atomic E-state index is 0.525. The van der Waals surface area contributed by atoms with Crippen LogP contribution in [0.5, 0.6) is 0 Å². The lowest BCUT2D eigenvalue weighted by Crippen LogP contribution is -2.48. The topological polar surface area (TPSA) is 52.0 Å². The third-order valence-corrected chi connectivity index (χ3v) is 4.42. The summed E-state index contributed by atoms with van der Waals surface area (Å²) in [5.74, 6) is 0. The van der Waals surface area contributed by atoms with Gasteiger partial charge in [-0.25, -0.2) is 0 Å². The smallest absolute Gasteiger partial charge is 0.00205 e. The predicted octanol–water partition coefficient (Wildman–Crippen LogP) is 1.24. The van der Waals surface area contributed by atoms with Crippen molar-refractivity contribution in [3.8, 4) is 0 Å². The van der Waals surface area contributed by atoms with E-state index < -0.39 is 0 Å². The third-order valence-electron chi connectivity index (χ3n) is 4.42. The van der Waals surface area contributed by atoms with Crippen molar-refractivity contribution in [2.75, 3.05) is 13.1 Å². The summed E-state index contributed by atoms with van der Waals surface area (Å²) in [5, 5.41) is 0. The van der Waals surface area contributed by atoms with Gasteiger partial charge in [0.25, 0.3) is 0 Å². The average molecular weight is 168 g/mol. The first-order chi connectivity index (χ1) is 5.74. The van der Waals surface area contributed by atoms with Crippen LogP contribution in [0.3, 0.4) is 0 Å². The number of hydrogen-bond acceptors (Lipinski definition) is 2. The first kappa shape index (κ1) is 8.52. The molecule has 3 fully saturated rings. The highest BCUT2D eigenvalue weighted by molar-refractivity contribution is 5.00. The van der Waals surface area contributed by atoms with Gasteiger partial charge in [0.2, 0.25) is 0 Å². The number of fused-ring (bicyclic) bond motifs is 3. The van der Waals surface area contributed by atoms with Crippen LogP contribution in [-0.2, 0) is 0 Å². The maximum absolute atomic E-state index is 5.83. The summed E-state index contributed by atoms with van der Waals surface area (Å²) in [6, 6.07) is 0. The van der Waals surface area contributed by atoms with Crippen molar-refractivity contribution >= 4 is 0 Å². The van der Waals surface area contributed by atoms with Gasteiger partial charge >= 0.3 is 0 Å². The van der Waals surface area contributed by atoms with Gasteiger partial charge in [-0.2, -0.15) is 0 Å². The molecule has 0 aromatic rings. The van der Waals surface area contributed by atoms with Gasteiger partial charge in [-0.3, -0.25) is 0 Å². The van der Waals surface area contributed by atoms with Crippen LogP contribution < -0.4 is 11.5 Å². The van der Waals surface area contributed by atoms with E-state index in [1.54, 1.807) is 0 Å². The van der Waals surface area contributed by atoms with Crippen LogP contribution in [-0.4, -0.2) is 13.1 Å². The highest BCUT2D eigenvalue weighted by Crippen LogP contribution is 2.55. The maximum atomic E-state index is 5.83. The maximum Gasteiger partial charge on any atom is -0.00205 e. The van der Waals surface area contributed by atoms with Crippen LogP contribution in [0.25, 0.3) is 0 Å². The normalized spacial score (nSPS) is 46.5. The van der Waals surface area contributed by atoms with E-state index in [-0.39, 0.29) is 0 Å². The molecule has 0 unspecified atom stereocenters. The highest BCUT2D eigenvalue weighted by Gasteiger charge is 2.46. The lowest BCUT2D eigenvalue weighted by Gasteiger charge is -2.53. The summed E-state index contributed by atoms with van der Waals surface area (Å²) in [4.78, 5) is 0. The fraction of sp³-hybridized carbons (Fsp3) is 1.00. The van der Waals surface area contributed by atoms with Crippen molar-refractivity contribution in [2.45, 2.75) is 38.5 Å². The van der Waals surface area contributed by atoms with Crippen molar-refractivity contribution in [3.05, 3.63) is 0 Å². The minimum Gasteiger partial charge on any atom is -0.330 e. The van der Waals surface area contributed by atoms with E-state index in [0.717, 1.165) is 13.1 Å². The zero-order chi connectivity index (χ0) is 8.66. The molecule has 2 heteroatoms. The monoisotopic (exact) mass is 168 g/mol. The number of hydrogen-bond donors (Lipinski definition) is 2. The quantitative estimate of drug-likeness (QED) is 0.652. The Bertz CT molecular complexity index is 132. The molecular formula is C10H20N2. The summed E-state index contributed by atoms with van der Waals surface area (Å²) >= 11 is 0. The summed E-state index contributed by atoms with van der Waals surface area (Å²) in [6.07, 6.45) is 8.00. The van der Waals surface area contributed by atoms with Crippen molar-refractivity contribution in [3.63, 3.8) is 0 Å². The van der Waals surface area contributed by atoms with Gasteiger partial charge in [0.15, 0.2) is 0 Å². The van der Waals surface area contributed by atoms with Crippen LogP contribution in [0, 0.1) is 10.8 Å². The fourth-order valence-electron chi connectivity index (χ4n) is 2.95. The molecule has 3 rings (SSSR count). The Labute approximate surface area is 74.7 Å². The zero-order valence-corrected chi connectivity index (χ0v) is 7.81. The molecule has 12 heavy (non-hydrogen) atoms. The van der Waals surface area contributed by atoms with E-state index in [2.05, 4.69) is 0 Å². The van der Waals surface area contributed by atoms with E-state index in [9.17, 15) is 0 Å². The van der Waals surface area contributed by atoms with Gasteiger partial charge in [0.05, 0.1) is 0 Å². The van der Waals surface area contributed by atoms with E-state index in [1.807, 2.05) is 0 Å². The van der Waals surface area contributed by atoms with Crippen molar-refractivity contribution < 1.29 is 0 Å². The minimum atomic E-state index is 0.525. The molecule has 2 bridgehead atoms. The Hall–Kier alpha value is -0.0800. The summed E-state index contributed by atoms with van der Waals surface area (Å²) in [6.45, 7) is 1.79. The van der Waals surface area contributed by atoms with Crippen molar-refractivity contribution in [2.24, 2.45) is 22.3 Å². The van der Waals surface area contributed by atoms with Crippen molar-refractivity contribution in [1.29, 1.82) is 0 Å². The molecule has 4 N–H and O–H groups in total. The summed E-state index contributed by atoms with van der Waals surface area (Å²) in [5.41, 5.74) is 12.7. The van der Waals surface area contributed by atoms with Gasteiger partial charge < -0.3 is 11.5 Å². The first-order valence-electron chi connectivity index (χ1n) is 5.14. The number of rotatable bonds is 2. The Morgan fingerprint density at radius 3 is 1.08 bits per heavy atom. The predicted molar refractivity (Wildman–Crippen MR) is 50.7 cm³/mol.